The van der Waals surface area contributed by atoms with Gasteiger partial charge in [-0.25, -0.2) is 0 Å². The Labute approximate surface area is 175 Å². The van der Waals surface area contributed by atoms with E-state index in [4.69, 9.17) is 9.47 Å². The van der Waals surface area contributed by atoms with Crippen LogP contribution >= 0.6 is 0 Å². The second-order valence-electron chi connectivity index (χ2n) is 7.97. The number of carbonyl (C=O) groups is 1. The van der Waals surface area contributed by atoms with Crippen molar-refractivity contribution in [3.05, 3.63) is 47.5 Å². The first kappa shape index (κ1) is 20.5. The molecule has 1 fully saturated rings. The largest absolute Gasteiger partial charge is 0.508 e. The summed E-state index contributed by atoms with van der Waals surface area (Å²) in [5, 5.41) is 30.1. The van der Waals surface area contributed by atoms with Crippen molar-refractivity contribution in [3.8, 4) is 23.0 Å². The Morgan fingerprint density at radius 1 is 1.10 bits per heavy atom. The number of phenolic OH excluding ortho intramolecular Hbond substituents is 2. The van der Waals surface area contributed by atoms with Gasteiger partial charge in [0.15, 0.2) is 5.78 Å². The molecule has 2 atom stereocenters. The third-order valence-corrected chi connectivity index (χ3v) is 5.60. The first-order valence-electron chi connectivity index (χ1n) is 10.4. The van der Waals surface area contributed by atoms with E-state index in [2.05, 4.69) is 4.90 Å². The molecule has 0 bridgehead atoms. The summed E-state index contributed by atoms with van der Waals surface area (Å²) in [6.45, 7) is 2.62. The van der Waals surface area contributed by atoms with Crippen LogP contribution in [0.3, 0.4) is 0 Å². The third kappa shape index (κ3) is 4.68. The van der Waals surface area contributed by atoms with Crippen molar-refractivity contribution in [2.45, 2.75) is 37.9 Å². The van der Waals surface area contributed by atoms with Gasteiger partial charge in [0.25, 0.3) is 0 Å². The van der Waals surface area contributed by atoms with Gasteiger partial charge in [-0.15, -0.1) is 0 Å². The maximum Gasteiger partial charge on any atom is 0.174 e. The molecule has 0 aromatic heterocycles. The Bertz CT molecular complexity index is 891. The van der Waals surface area contributed by atoms with Gasteiger partial charge in [-0.2, -0.15) is 0 Å². The number of rotatable bonds is 6. The van der Waals surface area contributed by atoms with Crippen LogP contribution in [-0.4, -0.2) is 58.3 Å². The molecular formula is C23H27NO6. The van der Waals surface area contributed by atoms with Crippen molar-refractivity contribution in [2.24, 2.45) is 0 Å². The number of benzene rings is 2. The molecular weight excluding hydrogens is 386 g/mol. The molecule has 30 heavy (non-hydrogen) atoms. The van der Waals surface area contributed by atoms with Gasteiger partial charge in [0.1, 0.15) is 47.4 Å². The lowest BCUT2D eigenvalue weighted by Gasteiger charge is -2.28. The number of piperidine rings is 1. The lowest BCUT2D eigenvalue weighted by Crippen LogP contribution is -2.38. The van der Waals surface area contributed by atoms with E-state index in [0.29, 0.717) is 12.3 Å². The predicted molar refractivity (Wildman–Crippen MR) is 110 cm³/mol. The van der Waals surface area contributed by atoms with Crippen LogP contribution in [-0.2, 0) is 0 Å². The minimum absolute atomic E-state index is 0.0874. The molecule has 4 rings (SSSR count). The molecule has 3 N–H and O–H groups in total. The van der Waals surface area contributed by atoms with Gasteiger partial charge >= 0.3 is 0 Å². The van der Waals surface area contributed by atoms with Gasteiger partial charge in [0.05, 0.1) is 6.42 Å². The van der Waals surface area contributed by atoms with Crippen LogP contribution in [0.5, 0.6) is 23.0 Å². The van der Waals surface area contributed by atoms with Crippen molar-refractivity contribution in [3.63, 3.8) is 0 Å². The van der Waals surface area contributed by atoms with Gasteiger partial charge in [-0.1, -0.05) is 18.6 Å². The van der Waals surface area contributed by atoms with E-state index in [9.17, 15) is 20.1 Å². The lowest BCUT2D eigenvalue weighted by atomic mass is 9.95. The quantitative estimate of drug-likeness (QED) is 0.669. The summed E-state index contributed by atoms with van der Waals surface area (Å²) >= 11 is 0. The number of Topliss-reactive ketones (excluding diaryl/α,β-unsaturated/α-hetero) is 1. The SMILES string of the molecule is O=C1CC(c2ccc(O)cc2)Oc2cc(OCC(O)CN3CCCCC3)cc(O)c21. The number of nitrogens with zero attached hydrogens (tertiary/aromatic N) is 1. The van der Waals surface area contributed by atoms with Crippen molar-refractivity contribution in [2.75, 3.05) is 26.2 Å². The number of ketones is 1. The summed E-state index contributed by atoms with van der Waals surface area (Å²) in [5.41, 5.74) is 0.904. The summed E-state index contributed by atoms with van der Waals surface area (Å²) in [7, 11) is 0. The number of phenols is 2. The molecule has 2 aromatic carbocycles. The number of ether oxygens (including phenoxy) is 2. The Morgan fingerprint density at radius 2 is 1.83 bits per heavy atom. The summed E-state index contributed by atoms with van der Waals surface area (Å²) in [6, 6.07) is 9.45. The fraction of sp³-hybridized carbons (Fsp3) is 0.435. The van der Waals surface area contributed by atoms with Crippen LogP contribution in [0.4, 0.5) is 0 Å². The average Bonchev–Trinajstić information content (AvgIpc) is 2.73. The maximum atomic E-state index is 12.6. The molecule has 2 unspecified atom stereocenters. The van der Waals surface area contributed by atoms with Crippen molar-refractivity contribution >= 4 is 5.78 Å². The van der Waals surface area contributed by atoms with E-state index in [1.54, 1.807) is 30.3 Å². The van der Waals surface area contributed by atoms with Crippen LogP contribution < -0.4 is 9.47 Å². The minimum Gasteiger partial charge on any atom is -0.508 e. The first-order valence-corrected chi connectivity index (χ1v) is 10.4. The summed E-state index contributed by atoms with van der Waals surface area (Å²) in [5.74, 6) is 0.316. The number of carbonyl (C=O) groups excluding carboxylic acids is 1. The summed E-state index contributed by atoms with van der Waals surface area (Å²) in [4.78, 5) is 14.8. The zero-order valence-corrected chi connectivity index (χ0v) is 16.8. The Morgan fingerprint density at radius 3 is 2.57 bits per heavy atom. The molecule has 0 aliphatic carbocycles. The smallest absolute Gasteiger partial charge is 0.174 e. The molecule has 1 saturated heterocycles. The summed E-state index contributed by atoms with van der Waals surface area (Å²) in [6.07, 6.45) is 2.49. The molecule has 0 amide bonds. The van der Waals surface area contributed by atoms with Crippen LogP contribution in [0.2, 0.25) is 0 Å². The molecule has 2 aliphatic heterocycles. The number of aromatic hydroxyl groups is 2. The van der Waals surface area contributed by atoms with E-state index >= 15 is 0 Å². The zero-order chi connectivity index (χ0) is 21.1. The highest BCUT2D eigenvalue weighted by molar-refractivity contribution is 6.02. The molecule has 2 aromatic rings. The number of hydrogen-bond donors (Lipinski definition) is 3. The molecule has 0 spiro atoms. The standard InChI is InChI=1S/C23H27NO6/c25-16-6-4-15(5-7-16)21-12-20(28)23-19(27)10-18(11-22(23)30-21)29-14-17(26)13-24-8-2-1-3-9-24/h4-7,10-11,17,21,25-27H,1-3,8-9,12-14H2. The monoisotopic (exact) mass is 413 g/mol. The second-order valence-corrected chi connectivity index (χ2v) is 7.97. The summed E-state index contributed by atoms with van der Waals surface area (Å²) < 4.78 is 11.7. The van der Waals surface area contributed by atoms with Crippen LogP contribution in [0.25, 0.3) is 0 Å². The lowest BCUT2D eigenvalue weighted by molar-refractivity contribution is 0.0612. The molecule has 7 nitrogen and oxygen atoms in total. The number of aliphatic hydroxyl groups is 1. The predicted octanol–water partition coefficient (Wildman–Crippen LogP) is 3.03. The van der Waals surface area contributed by atoms with Crippen molar-refractivity contribution < 1.29 is 29.6 Å². The number of fused-ring (bicyclic) bond motifs is 1. The van der Waals surface area contributed by atoms with Gasteiger partial charge < -0.3 is 29.7 Å². The molecule has 7 heteroatoms. The third-order valence-electron chi connectivity index (χ3n) is 5.60. The van der Waals surface area contributed by atoms with Gasteiger partial charge in [0, 0.05) is 18.7 Å². The second kappa shape index (κ2) is 8.93. The maximum absolute atomic E-state index is 12.6. The highest BCUT2D eigenvalue weighted by Crippen LogP contribution is 2.42. The number of aliphatic hydroxyl groups excluding tert-OH is 1. The van der Waals surface area contributed by atoms with E-state index in [0.717, 1.165) is 31.5 Å². The van der Waals surface area contributed by atoms with Gasteiger partial charge in [-0.05, 0) is 43.6 Å². The number of β-amino-alcohol motifs (C(OH)–C–C–N with tert-alkyl or cyclic N) is 1. The normalized spacial score (nSPS) is 20.3. The molecule has 0 saturated carbocycles. The fourth-order valence-electron chi connectivity index (χ4n) is 4.06. The van der Waals surface area contributed by atoms with E-state index in [-0.39, 0.29) is 41.6 Å². The Balaban J connectivity index is 1.44. The van der Waals surface area contributed by atoms with E-state index in [1.807, 2.05) is 0 Å². The molecule has 2 heterocycles. The molecule has 0 radical (unpaired) electrons. The average molecular weight is 413 g/mol. The highest BCUT2D eigenvalue weighted by Gasteiger charge is 2.31. The Kier molecular flexibility index (Phi) is 6.11. The van der Waals surface area contributed by atoms with Crippen LogP contribution in [0, 0.1) is 0 Å². The van der Waals surface area contributed by atoms with Crippen LogP contribution in [0.15, 0.2) is 36.4 Å². The van der Waals surface area contributed by atoms with Crippen molar-refractivity contribution in [1.82, 2.24) is 4.90 Å². The first-order chi connectivity index (χ1) is 14.5. The minimum atomic E-state index is -0.645. The number of hydrogen-bond acceptors (Lipinski definition) is 7. The molecule has 160 valence electrons. The highest BCUT2D eigenvalue weighted by atomic mass is 16.5. The van der Waals surface area contributed by atoms with E-state index in [1.165, 1.54) is 12.5 Å². The fourth-order valence-corrected chi connectivity index (χ4v) is 4.06. The van der Waals surface area contributed by atoms with Crippen molar-refractivity contribution in [1.29, 1.82) is 0 Å². The van der Waals surface area contributed by atoms with Gasteiger partial charge in [-0.3, -0.25) is 4.79 Å². The van der Waals surface area contributed by atoms with Gasteiger partial charge in [0.2, 0.25) is 0 Å². The Hall–Kier alpha value is -2.77. The molecule has 2 aliphatic rings. The van der Waals surface area contributed by atoms with Crippen LogP contribution in [0.1, 0.15) is 47.7 Å². The topological polar surface area (TPSA) is 99.5 Å². The number of likely N-dealkylation sites (tertiary alicyclic amines) is 1. The van der Waals surface area contributed by atoms with E-state index < -0.39 is 12.2 Å². The zero-order valence-electron chi connectivity index (χ0n) is 16.8.